The number of likely N-dealkylation sites (tertiary alicyclic amines) is 1. The number of para-hydroxylation sites is 1. The van der Waals surface area contributed by atoms with Gasteiger partial charge in [-0.3, -0.25) is 24.6 Å². The van der Waals surface area contributed by atoms with Gasteiger partial charge in [0.2, 0.25) is 17.7 Å². The summed E-state index contributed by atoms with van der Waals surface area (Å²) < 4.78 is 5.61. The zero-order valence-electron chi connectivity index (χ0n) is 14.8. The van der Waals surface area contributed by atoms with Crippen LogP contribution in [0.2, 0.25) is 5.02 Å². The maximum absolute atomic E-state index is 13.3. The monoisotopic (exact) mass is 389 g/mol. The molecule has 4 aliphatic heterocycles. The molecule has 142 valence electrons. The molecule has 3 amide bonds. The van der Waals surface area contributed by atoms with Crippen molar-refractivity contribution in [2.75, 3.05) is 18.5 Å². The number of amides is 3. The van der Waals surface area contributed by atoms with Crippen LogP contribution in [0.3, 0.4) is 0 Å². The molecular weight excluding hydrogens is 370 g/mol. The Morgan fingerprint density at radius 2 is 2.11 bits per heavy atom. The second-order valence-corrected chi connectivity index (χ2v) is 8.19. The maximum atomic E-state index is 13.3. The Bertz CT molecular complexity index is 869. The number of halogens is 1. The minimum absolute atomic E-state index is 0.116. The molecule has 2 N–H and O–H groups in total. The molecular formula is C19H20ClN3O4. The van der Waals surface area contributed by atoms with E-state index in [9.17, 15) is 14.4 Å². The summed E-state index contributed by atoms with van der Waals surface area (Å²) in [5, 5.41) is 6.50. The topological polar surface area (TPSA) is 87.7 Å². The molecule has 3 saturated heterocycles. The molecule has 27 heavy (non-hydrogen) atoms. The van der Waals surface area contributed by atoms with Crippen molar-refractivity contribution in [1.29, 1.82) is 0 Å². The number of anilines is 1. The lowest BCUT2D eigenvalue weighted by molar-refractivity contribution is -0.144. The van der Waals surface area contributed by atoms with E-state index in [2.05, 4.69) is 10.6 Å². The Balaban J connectivity index is 1.58. The largest absolute Gasteiger partial charge is 0.376 e. The summed E-state index contributed by atoms with van der Waals surface area (Å²) >= 11 is 6.26. The molecule has 0 aliphatic carbocycles. The molecule has 1 aromatic rings. The highest BCUT2D eigenvalue weighted by Gasteiger charge is 2.69. The van der Waals surface area contributed by atoms with Gasteiger partial charge in [-0.25, -0.2) is 0 Å². The highest BCUT2D eigenvalue weighted by molar-refractivity contribution is 6.35. The van der Waals surface area contributed by atoms with E-state index in [-0.39, 0.29) is 36.4 Å². The SMILES string of the molecule is C[C@@H]1N[C@@]2(C(=O)Nc3c(Cl)cccc32)[C@H]2C(=O)N(C[C@@H]3CCCO3)C(=O)[C@@H]12. The van der Waals surface area contributed by atoms with E-state index in [1.54, 1.807) is 18.2 Å². The standard InChI is InChI=1S/C19H20ClN3O4/c1-9-13-14(17(25)23(16(13)24)8-10-4-3-7-27-10)19(22-9)11-5-2-6-12(20)15(11)21-18(19)26/h2,5-6,9-10,13-14,22H,3-4,7-8H2,1H3,(H,21,26)/t9-,10-,13-,14+,19+/m0/s1. The predicted molar refractivity (Wildman–Crippen MR) is 97.0 cm³/mol. The van der Waals surface area contributed by atoms with Crippen molar-refractivity contribution in [1.82, 2.24) is 10.2 Å². The number of ether oxygens (including phenoxy) is 1. The van der Waals surface area contributed by atoms with Gasteiger partial charge in [-0.1, -0.05) is 23.7 Å². The van der Waals surface area contributed by atoms with Gasteiger partial charge in [0.15, 0.2) is 0 Å². The highest BCUT2D eigenvalue weighted by Crippen LogP contribution is 2.53. The van der Waals surface area contributed by atoms with Crippen LogP contribution in [0.25, 0.3) is 0 Å². The fraction of sp³-hybridized carbons (Fsp3) is 0.526. The van der Waals surface area contributed by atoms with Crippen molar-refractivity contribution >= 4 is 35.0 Å². The number of carbonyl (C=O) groups is 3. The molecule has 1 aromatic carbocycles. The third-order valence-corrected chi connectivity index (χ3v) is 6.66. The first-order valence-electron chi connectivity index (χ1n) is 9.30. The van der Waals surface area contributed by atoms with Gasteiger partial charge >= 0.3 is 0 Å². The number of imide groups is 1. The Morgan fingerprint density at radius 1 is 1.30 bits per heavy atom. The molecule has 0 bridgehead atoms. The second kappa shape index (κ2) is 5.77. The molecule has 0 radical (unpaired) electrons. The van der Waals surface area contributed by atoms with Gasteiger partial charge < -0.3 is 10.1 Å². The number of rotatable bonds is 2. The van der Waals surface area contributed by atoms with Crippen LogP contribution in [0.1, 0.15) is 25.3 Å². The van der Waals surface area contributed by atoms with E-state index in [4.69, 9.17) is 16.3 Å². The quantitative estimate of drug-likeness (QED) is 0.743. The summed E-state index contributed by atoms with van der Waals surface area (Å²) in [7, 11) is 0. The molecule has 7 nitrogen and oxygen atoms in total. The molecule has 1 spiro atoms. The average Bonchev–Trinajstić information content (AvgIpc) is 3.36. The number of carbonyl (C=O) groups excluding carboxylic acids is 3. The fourth-order valence-electron chi connectivity index (χ4n) is 5.19. The predicted octanol–water partition coefficient (Wildman–Crippen LogP) is 1.26. The molecule has 0 saturated carbocycles. The molecule has 5 rings (SSSR count). The van der Waals surface area contributed by atoms with Crippen molar-refractivity contribution < 1.29 is 19.1 Å². The van der Waals surface area contributed by atoms with Crippen LogP contribution in [-0.4, -0.2) is 47.9 Å². The number of fused-ring (bicyclic) bond motifs is 4. The van der Waals surface area contributed by atoms with Crippen molar-refractivity contribution in [3.8, 4) is 0 Å². The Hall–Kier alpha value is -1.96. The molecule has 3 fully saturated rings. The van der Waals surface area contributed by atoms with Crippen LogP contribution in [0.5, 0.6) is 0 Å². The minimum Gasteiger partial charge on any atom is -0.376 e. The summed E-state index contributed by atoms with van der Waals surface area (Å²) in [5.41, 5.74) is -0.107. The van der Waals surface area contributed by atoms with Gasteiger partial charge in [0, 0.05) is 18.2 Å². The third-order valence-electron chi connectivity index (χ3n) is 6.35. The van der Waals surface area contributed by atoms with Crippen LogP contribution < -0.4 is 10.6 Å². The fourth-order valence-corrected chi connectivity index (χ4v) is 5.41. The van der Waals surface area contributed by atoms with Crippen LogP contribution >= 0.6 is 11.6 Å². The number of hydrogen-bond acceptors (Lipinski definition) is 5. The van der Waals surface area contributed by atoms with Crippen molar-refractivity contribution in [3.63, 3.8) is 0 Å². The second-order valence-electron chi connectivity index (χ2n) is 7.78. The van der Waals surface area contributed by atoms with Crippen LogP contribution in [0, 0.1) is 11.8 Å². The van der Waals surface area contributed by atoms with E-state index in [1.165, 1.54) is 4.90 Å². The zero-order chi connectivity index (χ0) is 18.9. The average molecular weight is 390 g/mol. The number of nitrogens with one attached hydrogen (secondary N) is 2. The van der Waals surface area contributed by atoms with Gasteiger partial charge in [-0.2, -0.15) is 0 Å². The highest BCUT2D eigenvalue weighted by atomic mass is 35.5. The zero-order valence-corrected chi connectivity index (χ0v) is 15.6. The normalized spacial score (nSPS) is 37.3. The van der Waals surface area contributed by atoms with Gasteiger partial charge in [0.25, 0.3) is 0 Å². The molecule has 0 unspecified atom stereocenters. The lowest BCUT2D eigenvalue weighted by atomic mass is 9.76. The lowest BCUT2D eigenvalue weighted by Crippen LogP contribution is -2.53. The molecule has 4 aliphatic rings. The molecule has 8 heteroatoms. The maximum Gasteiger partial charge on any atom is 0.250 e. The van der Waals surface area contributed by atoms with E-state index in [0.717, 1.165) is 12.8 Å². The lowest BCUT2D eigenvalue weighted by Gasteiger charge is -2.29. The van der Waals surface area contributed by atoms with Gasteiger partial charge in [-0.15, -0.1) is 0 Å². The first kappa shape index (κ1) is 17.2. The van der Waals surface area contributed by atoms with Gasteiger partial charge in [0.1, 0.15) is 5.54 Å². The summed E-state index contributed by atoms with van der Waals surface area (Å²) in [5.74, 6) is -2.21. The van der Waals surface area contributed by atoms with E-state index < -0.39 is 17.4 Å². The molecule has 4 heterocycles. The molecule has 0 aromatic heterocycles. The summed E-state index contributed by atoms with van der Waals surface area (Å²) in [4.78, 5) is 40.8. The van der Waals surface area contributed by atoms with Crippen molar-refractivity contribution in [2.45, 2.75) is 37.5 Å². The number of nitrogens with zero attached hydrogens (tertiary/aromatic N) is 1. The number of benzene rings is 1. The first-order valence-corrected chi connectivity index (χ1v) is 9.68. The summed E-state index contributed by atoms with van der Waals surface area (Å²) in [6.07, 6.45) is 1.66. The van der Waals surface area contributed by atoms with E-state index in [0.29, 0.717) is 22.9 Å². The Kier molecular flexibility index (Phi) is 3.67. The smallest absolute Gasteiger partial charge is 0.250 e. The summed E-state index contributed by atoms with van der Waals surface area (Å²) in [6.45, 7) is 2.77. The van der Waals surface area contributed by atoms with E-state index in [1.807, 2.05) is 6.92 Å². The summed E-state index contributed by atoms with van der Waals surface area (Å²) in [6, 6.07) is 4.94. The molecule has 5 atom stereocenters. The van der Waals surface area contributed by atoms with Crippen molar-refractivity contribution in [2.24, 2.45) is 11.8 Å². The van der Waals surface area contributed by atoms with Crippen molar-refractivity contribution in [3.05, 3.63) is 28.8 Å². The van der Waals surface area contributed by atoms with Crippen LogP contribution in [0.4, 0.5) is 5.69 Å². The third kappa shape index (κ3) is 2.13. The van der Waals surface area contributed by atoms with Crippen LogP contribution in [-0.2, 0) is 24.7 Å². The number of hydrogen-bond donors (Lipinski definition) is 2. The Labute approximate surface area is 161 Å². The van der Waals surface area contributed by atoms with Crippen LogP contribution in [0.15, 0.2) is 18.2 Å². The van der Waals surface area contributed by atoms with Gasteiger partial charge in [0.05, 0.1) is 35.2 Å². The van der Waals surface area contributed by atoms with E-state index >= 15 is 0 Å². The first-order chi connectivity index (χ1) is 12.9. The Morgan fingerprint density at radius 3 is 2.85 bits per heavy atom. The minimum atomic E-state index is -1.26. The van der Waals surface area contributed by atoms with Gasteiger partial charge in [-0.05, 0) is 25.8 Å².